The van der Waals surface area contributed by atoms with Crippen LogP contribution in [0.25, 0.3) is 0 Å². The molecule has 2 fully saturated rings. The molecule has 0 aliphatic carbocycles. The fourth-order valence-corrected chi connectivity index (χ4v) is 7.63. The molecule has 15 nitrogen and oxygen atoms in total. The van der Waals surface area contributed by atoms with Crippen LogP contribution in [0.1, 0.15) is 162 Å². The van der Waals surface area contributed by atoms with Gasteiger partial charge in [0.05, 0.1) is 19.8 Å². The second-order valence-corrected chi connectivity index (χ2v) is 18.0. The number of rotatable bonds is 39. The van der Waals surface area contributed by atoms with Gasteiger partial charge in [-0.1, -0.05) is 145 Å². The van der Waals surface area contributed by atoms with Gasteiger partial charge in [-0.25, -0.2) is 0 Å². The molecular formula is C54H90O15. The first-order valence-electron chi connectivity index (χ1n) is 26.0. The van der Waals surface area contributed by atoms with Gasteiger partial charge in [0.2, 0.25) is 0 Å². The molecule has 2 aliphatic heterocycles. The van der Waals surface area contributed by atoms with Crippen molar-refractivity contribution in [1.29, 1.82) is 0 Å². The van der Waals surface area contributed by atoms with Crippen LogP contribution in [0.4, 0.5) is 0 Å². The number of allylic oxidation sites excluding steroid dienone is 12. The molecule has 2 aliphatic rings. The number of hydrogen-bond donors (Lipinski definition) is 7. The average Bonchev–Trinajstić information content (AvgIpc) is 3.34. The van der Waals surface area contributed by atoms with E-state index in [0.717, 1.165) is 109 Å². The van der Waals surface area contributed by atoms with Gasteiger partial charge in [-0.15, -0.1) is 0 Å². The van der Waals surface area contributed by atoms with Crippen molar-refractivity contribution in [3.05, 3.63) is 72.9 Å². The first-order valence-corrected chi connectivity index (χ1v) is 26.0. The number of carbonyl (C=O) groups is 2. The first-order chi connectivity index (χ1) is 33.5. The quantitative estimate of drug-likeness (QED) is 0.0180. The maximum atomic E-state index is 13.0. The molecule has 0 saturated carbocycles. The highest BCUT2D eigenvalue weighted by Gasteiger charge is 2.47. The number of carbonyl (C=O) groups excluding carboxylic acids is 2. The normalized spacial score (nSPS) is 26.2. The molecule has 0 aromatic carbocycles. The van der Waals surface area contributed by atoms with Gasteiger partial charge in [-0.3, -0.25) is 9.59 Å². The lowest BCUT2D eigenvalue weighted by atomic mass is 9.98. The van der Waals surface area contributed by atoms with Crippen molar-refractivity contribution in [2.24, 2.45) is 0 Å². The van der Waals surface area contributed by atoms with Crippen LogP contribution in [0, 0.1) is 0 Å². The van der Waals surface area contributed by atoms with E-state index in [0.29, 0.717) is 12.8 Å². The van der Waals surface area contributed by atoms with Gasteiger partial charge in [-0.2, -0.15) is 0 Å². The van der Waals surface area contributed by atoms with E-state index in [1.165, 1.54) is 12.8 Å². The fraction of sp³-hybridized carbons (Fsp3) is 0.741. The molecule has 69 heavy (non-hydrogen) atoms. The summed E-state index contributed by atoms with van der Waals surface area (Å²) in [5, 5.41) is 72.1. The Kier molecular flexibility index (Phi) is 36.4. The minimum absolute atomic E-state index is 0.142. The van der Waals surface area contributed by atoms with Gasteiger partial charge in [-0.05, 0) is 77.0 Å². The molecule has 2 rings (SSSR count). The van der Waals surface area contributed by atoms with Gasteiger partial charge in [0.25, 0.3) is 0 Å². The lowest BCUT2D eigenvalue weighted by Gasteiger charge is -2.42. The Morgan fingerprint density at radius 3 is 1.43 bits per heavy atom. The van der Waals surface area contributed by atoms with E-state index in [1.54, 1.807) is 0 Å². The highest BCUT2D eigenvalue weighted by molar-refractivity contribution is 5.70. The molecule has 2 saturated heterocycles. The molecule has 0 amide bonds. The smallest absolute Gasteiger partial charge is 0.306 e. The third kappa shape index (κ3) is 28.5. The van der Waals surface area contributed by atoms with E-state index in [9.17, 15) is 45.3 Å². The summed E-state index contributed by atoms with van der Waals surface area (Å²) in [5.74, 6) is -0.963. The maximum Gasteiger partial charge on any atom is 0.306 e. The van der Waals surface area contributed by atoms with Crippen LogP contribution in [0.5, 0.6) is 0 Å². The van der Waals surface area contributed by atoms with E-state index in [2.05, 4.69) is 86.8 Å². The minimum Gasteiger partial charge on any atom is -0.462 e. The Balaban J connectivity index is 1.82. The summed E-state index contributed by atoms with van der Waals surface area (Å²) in [7, 11) is 0. The van der Waals surface area contributed by atoms with Crippen molar-refractivity contribution < 1.29 is 73.8 Å². The van der Waals surface area contributed by atoms with Crippen molar-refractivity contribution >= 4 is 11.9 Å². The SMILES string of the molecule is CC/C=C\C/C=C\C/C=C\C/C=C\CCCCCCCCC(=O)OC(COC(=O)CCCCCCC/C=C\C/C=C\CCCC)COC1OC(COC2OC(CO)C(O)C(O)C2O)C(O)C(O)C1O. The number of ether oxygens (including phenoxy) is 6. The predicted molar refractivity (Wildman–Crippen MR) is 266 cm³/mol. The fourth-order valence-electron chi connectivity index (χ4n) is 7.63. The average molecular weight is 979 g/mol. The number of aliphatic hydroxyl groups excluding tert-OH is 7. The lowest BCUT2D eigenvalue weighted by Crippen LogP contribution is -2.61. The summed E-state index contributed by atoms with van der Waals surface area (Å²) in [4.78, 5) is 25.8. The van der Waals surface area contributed by atoms with Crippen molar-refractivity contribution in [2.75, 3.05) is 26.4 Å². The van der Waals surface area contributed by atoms with Crippen LogP contribution in [-0.2, 0) is 38.0 Å². The van der Waals surface area contributed by atoms with Crippen LogP contribution in [0.3, 0.4) is 0 Å². The van der Waals surface area contributed by atoms with Crippen LogP contribution < -0.4 is 0 Å². The summed E-state index contributed by atoms with van der Waals surface area (Å²) in [6.45, 7) is 2.39. The lowest BCUT2D eigenvalue weighted by molar-refractivity contribution is -0.332. The van der Waals surface area contributed by atoms with Crippen LogP contribution >= 0.6 is 0 Å². The standard InChI is InChI=1S/C54H90O15/c1-3-5-7-9-11-13-15-17-19-20-21-22-23-25-27-29-31-33-35-37-46(57)67-42(39-64-45(56)36-34-32-30-28-26-24-18-16-14-12-10-8-6-4-2)40-65-53-52(63)50(61)48(59)44(69-53)41-66-54-51(62)49(60)47(58)43(38-55)68-54/h5,7,10-13,16-19,21-22,42-44,47-55,58-63H,3-4,6,8-9,14-15,20,23-41H2,1-2H3/b7-5-,12-10-,13-11-,18-16-,19-17-,22-21-. The van der Waals surface area contributed by atoms with E-state index in [-0.39, 0.29) is 19.4 Å². The third-order valence-corrected chi connectivity index (χ3v) is 11.9. The second kappa shape index (κ2) is 40.5. The monoisotopic (exact) mass is 979 g/mol. The highest BCUT2D eigenvalue weighted by Crippen LogP contribution is 2.26. The zero-order valence-corrected chi connectivity index (χ0v) is 41.8. The van der Waals surface area contributed by atoms with Crippen molar-refractivity contribution in [2.45, 2.75) is 229 Å². The minimum atomic E-state index is -1.77. The summed E-state index contributed by atoms with van der Waals surface area (Å²) < 4.78 is 33.6. The molecule has 11 unspecified atom stereocenters. The highest BCUT2D eigenvalue weighted by atomic mass is 16.7. The number of esters is 2. The van der Waals surface area contributed by atoms with E-state index in [4.69, 9.17) is 28.4 Å². The molecule has 0 bridgehead atoms. The summed E-state index contributed by atoms with van der Waals surface area (Å²) in [5.41, 5.74) is 0. The molecule has 396 valence electrons. The molecule has 2 heterocycles. The predicted octanol–water partition coefficient (Wildman–Crippen LogP) is 7.43. The first kappa shape index (κ1) is 62.1. The Hall–Kier alpha value is -3.06. The van der Waals surface area contributed by atoms with Crippen molar-refractivity contribution in [3.63, 3.8) is 0 Å². The number of aliphatic hydroxyl groups is 7. The molecule has 0 aromatic rings. The molecule has 7 N–H and O–H groups in total. The topological polar surface area (TPSA) is 231 Å². The van der Waals surface area contributed by atoms with Gasteiger partial charge >= 0.3 is 11.9 Å². The molecule has 0 spiro atoms. The number of hydrogen-bond acceptors (Lipinski definition) is 15. The Bertz CT molecular complexity index is 1480. The molecule has 0 aromatic heterocycles. The van der Waals surface area contributed by atoms with Gasteiger partial charge in [0, 0.05) is 12.8 Å². The van der Waals surface area contributed by atoms with Crippen molar-refractivity contribution in [3.8, 4) is 0 Å². The molecular weight excluding hydrogens is 889 g/mol. The van der Waals surface area contributed by atoms with Crippen LogP contribution in [0.15, 0.2) is 72.9 Å². The molecule has 15 heteroatoms. The summed E-state index contributed by atoms with van der Waals surface area (Å²) >= 11 is 0. The van der Waals surface area contributed by atoms with Gasteiger partial charge in [0.1, 0.15) is 55.4 Å². The zero-order chi connectivity index (χ0) is 50.3. The van der Waals surface area contributed by atoms with E-state index in [1.807, 2.05) is 0 Å². The van der Waals surface area contributed by atoms with E-state index >= 15 is 0 Å². The van der Waals surface area contributed by atoms with E-state index < -0.39 is 99.3 Å². The maximum absolute atomic E-state index is 13.0. The van der Waals surface area contributed by atoms with Gasteiger partial charge < -0.3 is 64.2 Å². The summed E-state index contributed by atoms with van der Waals surface area (Å²) in [6.07, 6.45) is 30.6. The van der Waals surface area contributed by atoms with Crippen LogP contribution in [-0.4, -0.2) is 142 Å². The Morgan fingerprint density at radius 1 is 0.478 bits per heavy atom. The Morgan fingerprint density at radius 2 is 0.913 bits per heavy atom. The second-order valence-electron chi connectivity index (χ2n) is 18.0. The molecule has 0 radical (unpaired) electrons. The largest absolute Gasteiger partial charge is 0.462 e. The molecule has 11 atom stereocenters. The zero-order valence-electron chi connectivity index (χ0n) is 41.8. The van der Waals surface area contributed by atoms with Gasteiger partial charge in [0.15, 0.2) is 18.7 Å². The van der Waals surface area contributed by atoms with Crippen molar-refractivity contribution in [1.82, 2.24) is 0 Å². The summed E-state index contributed by atoms with van der Waals surface area (Å²) in [6, 6.07) is 0. The van der Waals surface area contributed by atoms with Crippen LogP contribution in [0.2, 0.25) is 0 Å². The number of unbranched alkanes of at least 4 members (excludes halogenated alkanes) is 13. The Labute approximate surface area is 412 Å². The third-order valence-electron chi connectivity index (χ3n) is 11.9.